The van der Waals surface area contributed by atoms with Gasteiger partial charge in [0.1, 0.15) is 0 Å². The molecule has 15 heavy (non-hydrogen) atoms. The summed E-state index contributed by atoms with van der Waals surface area (Å²) in [4.78, 5) is 3.73. The van der Waals surface area contributed by atoms with Gasteiger partial charge in [-0.2, -0.15) is 13.2 Å². The Hall–Kier alpha value is -1.30. The van der Waals surface area contributed by atoms with Gasteiger partial charge in [0.25, 0.3) is 0 Å². The van der Waals surface area contributed by atoms with Crippen molar-refractivity contribution in [2.24, 2.45) is 0 Å². The number of nitrogens with one attached hydrogen (secondary N) is 1. The molecule has 0 unspecified atom stereocenters. The molecule has 0 saturated carbocycles. The van der Waals surface area contributed by atoms with Crippen LogP contribution < -0.4 is 10.1 Å². The Bertz CT molecular complexity index is 339. The first-order chi connectivity index (χ1) is 6.99. The van der Waals surface area contributed by atoms with Gasteiger partial charge >= 0.3 is 6.18 Å². The molecule has 0 aliphatic rings. The molecule has 0 radical (unpaired) electrons. The lowest BCUT2D eigenvalue weighted by Gasteiger charge is -2.12. The Morgan fingerprint density at radius 2 is 2.13 bits per heavy atom. The smallest absolute Gasteiger partial charge is 0.416 e. The van der Waals surface area contributed by atoms with Gasteiger partial charge < -0.3 is 10.1 Å². The van der Waals surface area contributed by atoms with Gasteiger partial charge in [-0.05, 0) is 12.6 Å². The van der Waals surface area contributed by atoms with Gasteiger partial charge in [-0.3, -0.25) is 0 Å². The highest BCUT2D eigenvalue weighted by molar-refractivity contribution is 5.31. The Kier molecular flexibility index (Phi) is 3.52. The number of rotatable bonds is 3. The molecule has 0 spiro atoms. The van der Waals surface area contributed by atoms with Gasteiger partial charge in [-0.1, -0.05) is 0 Å². The van der Waals surface area contributed by atoms with Gasteiger partial charge in [0, 0.05) is 18.8 Å². The number of alkyl halides is 3. The van der Waals surface area contributed by atoms with Crippen molar-refractivity contribution in [3.8, 4) is 5.88 Å². The monoisotopic (exact) mass is 220 g/mol. The summed E-state index contributed by atoms with van der Waals surface area (Å²) in [7, 11) is 2.85. The maximum Gasteiger partial charge on any atom is 0.416 e. The SMILES string of the molecule is CNCc1cnc(OC)cc1C(F)(F)F. The fraction of sp³-hybridized carbons (Fsp3) is 0.444. The van der Waals surface area contributed by atoms with Gasteiger partial charge in [0.15, 0.2) is 0 Å². The summed E-state index contributed by atoms with van der Waals surface area (Å²) in [5.41, 5.74) is -0.616. The molecule has 6 heteroatoms. The Morgan fingerprint density at radius 3 is 2.60 bits per heavy atom. The number of hydrogen-bond donors (Lipinski definition) is 1. The van der Waals surface area contributed by atoms with Crippen LogP contribution in [0.3, 0.4) is 0 Å². The highest BCUT2D eigenvalue weighted by Gasteiger charge is 2.33. The van der Waals surface area contributed by atoms with Crippen molar-refractivity contribution in [2.45, 2.75) is 12.7 Å². The van der Waals surface area contributed by atoms with E-state index in [0.29, 0.717) is 0 Å². The van der Waals surface area contributed by atoms with E-state index in [4.69, 9.17) is 0 Å². The van der Waals surface area contributed by atoms with Crippen LogP contribution in [0, 0.1) is 0 Å². The highest BCUT2D eigenvalue weighted by Crippen LogP contribution is 2.33. The molecule has 0 fully saturated rings. The van der Waals surface area contributed by atoms with E-state index in [-0.39, 0.29) is 18.0 Å². The zero-order valence-corrected chi connectivity index (χ0v) is 8.35. The average Bonchev–Trinajstić information content (AvgIpc) is 2.17. The summed E-state index contributed by atoms with van der Waals surface area (Å²) in [6.45, 7) is 0.117. The lowest BCUT2D eigenvalue weighted by atomic mass is 10.1. The summed E-state index contributed by atoms with van der Waals surface area (Å²) in [6.07, 6.45) is -3.22. The largest absolute Gasteiger partial charge is 0.481 e. The molecule has 1 rings (SSSR count). The summed E-state index contributed by atoms with van der Waals surface area (Å²) in [5, 5.41) is 2.65. The summed E-state index contributed by atoms with van der Waals surface area (Å²) in [6, 6.07) is 0.896. The van der Waals surface area contributed by atoms with E-state index in [0.717, 1.165) is 12.3 Å². The summed E-state index contributed by atoms with van der Waals surface area (Å²) in [5.74, 6) is -0.0396. The van der Waals surface area contributed by atoms with E-state index in [1.54, 1.807) is 7.05 Å². The predicted octanol–water partition coefficient (Wildman–Crippen LogP) is 1.83. The van der Waals surface area contributed by atoms with Crippen LogP contribution in [0.2, 0.25) is 0 Å². The molecule has 1 heterocycles. The van der Waals surface area contributed by atoms with Crippen LogP contribution in [0.5, 0.6) is 5.88 Å². The number of methoxy groups -OCH3 is 1. The molecule has 1 aromatic heterocycles. The van der Waals surface area contributed by atoms with E-state index < -0.39 is 11.7 Å². The maximum absolute atomic E-state index is 12.6. The molecule has 0 saturated heterocycles. The lowest BCUT2D eigenvalue weighted by Crippen LogP contribution is -2.15. The molecule has 0 aromatic carbocycles. The number of nitrogens with zero attached hydrogens (tertiary/aromatic N) is 1. The minimum atomic E-state index is -4.39. The van der Waals surface area contributed by atoms with Crippen LogP contribution >= 0.6 is 0 Å². The molecule has 0 atom stereocenters. The van der Waals surface area contributed by atoms with E-state index in [1.165, 1.54) is 7.11 Å². The third kappa shape index (κ3) is 2.82. The average molecular weight is 220 g/mol. The van der Waals surface area contributed by atoms with Gasteiger partial charge in [0.2, 0.25) is 5.88 Å². The van der Waals surface area contributed by atoms with Crippen molar-refractivity contribution in [1.82, 2.24) is 10.3 Å². The molecule has 1 aromatic rings. The number of halogens is 3. The van der Waals surface area contributed by atoms with Crippen LogP contribution in [0.15, 0.2) is 12.3 Å². The van der Waals surface area contributed by atoms with Crippen LogP contribution in [0.4, 0.5) is 13.2 Å². The predicted molar refractivity (Wildman–Crippen MR) is 48.6 cm³/mol. The molecule has 3 nitrogen and oxygen atoms in total. The topological polar surface area (TPSA) is 34.2 Å². The van der Waals surface area contributed by atoms with Crippen LogP contribution in [0.1, 0.15) is 11.1 Å². The molecule has 0 amide bonds. The Morgan fingerprint density at radius 1 is 1.47 bits per heavy atom. The highest BCUT2D eigenvalue weighted by atomic mass is 19.4. The van der Waals surface area contributed by atoms with Crippen LogP contribution in [-0.4, -0.2) is 19.1 Å². The standard InChI is InChI=1S/C9H11F3N2O/c1-13-4-6-5-14-8(15-2)3-7(6)9(10,11)12/h3,5,13H,4H2,1-2H3. The minimum absolute atomic E-state index is 0.0396. The molecular formula is C9H11F3N2O. The second kappa shape index (κ2) is 4.48. The first kappa shape index (κ1) is 11.8. The number of hydrogen-bond acceptors (Lipinski definition) is 3. The second-order valence-electron chi connectivity index (χ2n) is 2.91. The number of aromatic nitrogens is 1. The van der Waals surface area contributed by atoms with Crippen molar-refractivity contribution in [3.63, 3.8) is 0 Å². The zero-order chi connectivity index (χ0) is 11.5. The van der Waals surface area contributed by atoms with Crippen molar-refractivity contribution in [2.75, 3.05) is 14.2 Å². The lowest BCUT2D eigenvalue weighted by molar-refractivity contribution is -0.138. The molecule has 0 aliphatic heterocycles. The molecule has 1 N–H and O–H groups in total. The van der Waals surface area contributed by atoms with E-state index in [1.807, 2.05) is 0 Å². The van der Waals surface area contributed by atoms with Gasteiger partial charge in [-0.25, -0.2) is 4.98 Å². The maximum atomic E-state index is 12.6. The van der Waals surface area contributed by atoms with Gasteiger partial charge in [0.05, 0.1) is 12.7 Å². The van der Waals surface area contributed by atoms with Gasteiger partial charge in [-0.15, -0.1) is 0 Å². The molecular weight excluding hydrogens is 209 g/mol. The zero-order valence-electron chi connectivity index (χ0n) is 8.35. The third-order valence-electron chi connectivity index (χ3n) is 1.84. The van der Waals surface area contributed by atoms with Crippen molar-refractivity contribution >= 4 is 0 Å². The minimum Gasteiger partial charge on any atom is -0.481 e. The Balaban J connectivity index is 3.16. The quantitative estimate of drug-likeness (QED) is 0.843. The summed E-state index contributed by atoms with van der Waals surface area (Å²) < 4.78 is 42.4. The normalized spacial score (nSPS) is 11.5. The third-order valence-corrected chi connectivity index (χ3v) is 1.84. The van der Waals surface area contributed by atoms with Crippen LogP contribution in [0.25, 0.3) is 0 Å². The van der Waals surface area contributed by atoms with E-state index in [2.05, 4.69) is 15.0 Å². The van der Waals surface area contributed by atoms with Crippen molar-refractivity contribution < 1.29 is 17.9 Å². The van der Waals surface area contributed by atoms with Crippen molar-refractivity contribution in [1.29, 1.82) is 0 Å². The van der Waals surface area contributed by atoms with Crippen LogP contribution in [-0.2, 0) is 12.7 Å². The fourth-order valence-corrected chi connectivity index (χ4v) is 1.17. The molecule has 0 aliphatic carbocycles. The fourth-order valence-electron chi connectivity index (χ4n) is 1.17. The first-order valence-electron chi connectivity index (χ1n) is 4.23. The first-order valence-corrected chi connectivity index (χ1v) is 4.23. The molecule has 84 valence electrons. The van der Waals surface area contributed by atoms with E-state index in [9.17, 15) is 13.2 Å². The number of ether oxygens (including phenoxy) is 1. The van der Waals surface area contributed by atoms with Crippen molar-refractivity contribution in [3.05, 3.63) is 23.4 Å². The number of pyridine rings is 1. The molecule has 0 bridgehead atoms. The summed E-state index contributed by atoms with van der Waals surface area (Å²) >= 11 is 0. The Labute approximate surface area is 85.3 Å². The van der Waals surface area contributed by atoms with E-state index >= 15 is 0 Å². The second-order valence-corrected chi connectivity index (χ2v) is 2.91.